The molecule has 4 rings (SSSR count). The highest BCUT2D eigenvalue weighted by Crippen LogP contribution is 2.38. The largest absolute Gasteiger partial charge is 0.434 e. The fourth-order valence-corrected chi connectivity index (χ4v) is 3.84. The maximum absolute atomic E-state index is 14.1. The molecule has 0 amide bonds. The average molecular weight is 481 g/mol. The van der Waals surface area contributed by atoms with E-state index in [0.29, 0.717) is 17.9 Å². The number of benzene rings is 1. The smallest absolute Gasteiger partial charge is 0.332 e. The maximum Gasteiger partial charge on any atom is 0.434 e. The first kappa shape index (κ1) is 22.8. The predicted molar refractivity (Wildman–Crippen MR) is 118 cm³/mol. The van der Waals surface area contributed by atoms with Gasteiger partial charge in [0.15, 0.2) is 11.3 Å². The summed E-state index contributed by atoms with van der Waals surface area (Å²) in [5.74, 6) is -0.201. The van der Waals surface area contributed by atoms with E-state index in [1.54, 1.807) is 0 Å². The Morgan fingerprint density at radius 2 is 1.67 bits per heavy atom. The Balaban J connectivity index is 1.99. The Labute approximate surface area is 190 Å². The Kier molecular flexibility index (Phi) is 5.91. The number of aromatic nitrogens is 6. The first-order valence-electron chi connectivity index (χ1n) is 10.3. The zero-order chi connectivity index (χ0) is 23.9. The van der Waals surface area contributed by atoms with Crippen LogP contribution in [0.1, 0.15) is 32.4 Å². The molecule has 8 nitrogen and oxygen atoms in total. The second-order valence-corrected chi connectivity index (χ2v) is 7.90. The summed E-state index contributed by atoms with van der Waals surface area (Å²) >= 11 is 5.85. The molecule has 3 aromatic heterocycles. The molecule has 0 bridgehead atoms. The van der Waals surface area contributed by atoms with Gasteiger partial charge in [-0.1, -0.05) is 25.4 Å². The number of aromatic amines is 1. The number of rotatable bonds is 6. The summed E-state index contributed by atoms with van der Waals surface area (Å²) in [5, 5.41) is 4.29. The normalized spacial score (nSPS) is 12.1. The van der Waals surface area contributed by atoms with E-state index in [1.807, 2.05) is 13.8 Å². The Morgan fingerprint density at radius 3 is 2.27 bits per heavy atom. The van der Waals surface area contributed by atoms with E-state index in [0.717, 1.165) is 15.4 Å². The molecule has 0 unspecified atom stereocenters. The van der Waals surface area contributed by atoms with E-state index >= 15 is 0 Å². The third-order valence-electron chi connectivity index (χ3n) is 5.12. The number of hydrogen-bond acceptors (Lipinski definition) is 4. The molecule has 0 atom stereocenters. The minimum Gasteiger partial charge on any atom is -0.332 e. The molecule has 1 N–H and O–H groups in total. The summed E-state index contributed by atoms with van der Waals surface area (Å²) in [4.78, 5) is 32.7. The summed E-state index contributed by atoms with van der Waals surface area (Å²) in [6.07, 6.45) is -2.64. The second kappa shape index (κ2) is 8.54. The lowest BCUT2D eigenvalue weighted by molar-refractivity contribution is -0.142. The van der Waals surface area contributed by atoms with Crippen molar-refractivity contribution in [3.05, 3.63) is 62.0 Å². The van der Waals surface area contributed by atoms with Gasteiger partial charge < -0.3 is 4.98 Å². The van der Waals surface area contributed by atoms with E-state index < -0.39 is 23.1 Å². The summed E-state index contributed by atoms with van der Waals surface area (Å²) in [7, 11) is 0. The molecule has 0 spiro atoms. The van der Waals surface area contributed by atoms with Crippen molar-refractivity contribution in [1.29, 1.82) is 0 Å². The van der Waals surface area contributed by atoms with Crippen LogP contribution < -0.4 is 11.2 Å². The zero-order valence-electron chi connectivity index (χ0n) is 17.8. The summed E-state index contributed by atoms with van der Waals surface area (Å²) in [5.41, 5.74) is -2.43. The Bertz CT molecular complexity index is 1430. The van der Waals surface area contributed by atoms with Crippen LogP contribution >= 0.6 is 11.6 Å². The van der Waals surface area contributed by atoms with Crippen molar-refractivity contribution in [2.24, 2.45) is 0 Å². The lowest BCUT2D eigenvalue weighted by atomic mass is 10.2. The first-order valence-corrected chi connectivity index (χ1v) is 10.7. The molecule has 0 aliphatic rings. The molecule has 1 aromatic carbocycles. The van der Waals surface area contributed by atoms with E-state index in [2.05, 4.69) is 15.1 Å². The molecule has 0 aliphatic heterocycles. The van der Waals surface area contributed by atoms with Crippen LogP contribution in [0.3, 0.4) is 0 Å². The van der Waals surface area contributed by atoms with E-state index in [9.17, 15) is 22.8 Å². The van der Waals surface area contributed by atoms with Crippen molar-refractivity contribution in [2.75, 3.05) is 0 Å². The monoisotopic (exact) mass is 480 g/mol. The minimum atomic E-state index is -4.78. The highest BCUT2D eigenvalue weighted by molar-refractivity contribution is 6.30. The molecular weight excluding hydrogens is 461 g/mol. The van der Waals surface area contributed by atoms with Crippen molar-refractivity contribution in [3.8, 4) is 17.1 Å². The number of fused-ring (bicyclic) bond motifs is 1. The zero-order valence-corrected chi connectivity index (χ0v) is 18.5. The SMILES string of the molecule is CCCn1c(=O)c2[nH]c(-c3cnn(-c4ccc(Cl)cc4)c3C(F)(F)F)nc2n(CCC)c1=O. The van der Waals surface area contributed by atoms with Gasteiger partial charge in [0, 0.05) is 18.1 Å². The highest BCUT2D eigenvalue weighted by atomic mass is 35.5. The van der Waals surface area contributed by atoms with E-state index in [4.69, 9.17) is 11.6 Å². The molecule has 174 valence electrons. The van der Waals surface area contributed by atoms with Crippen LogP contribution in [0.4, 0.5) is 13.2 Å². The number of nitrogens with one attached hydrogen (secondary N) is 1. The number of hydrogen-bond donors (Lipinski definition) is 1. The van der Waals surface area contributed by atoms with E-state index in [-0.39, 0.29) is 41.3 Å². The van der Waals surface area contributed by atoms with E-state index in [1.165, 1.54) is 28.8 Å². The van der Waals surface area contributed by atoms with Crippen molar-refractivity contribution in [3.63, 3.8) is 0 Å². The number of alkyl halides is 3. The van der Waals surface area contributed by atoms with Gasteiger partial charge in [-0.3, -0.25) is 13.9 Å². The molecule has 0 aliphatic carbocycles. The van der Waals surface area contributed by atoms with Gasteiger partial charge in [0.25, 0.3) is 5.56 Å². The van der Waals surface area contributed by atoms with Crippen LogP contribution in [0, 0.1) is 0 Å². The summed E-state index contributed by atoms with van der Waals surface area (Å²) in [6.45, 7) is 4.12. The van der Waals surface area contributed by atoms with Crippen molar-refractivity contribution >= 4 is 22.8 Å². The third-order valence-corrected chi connectivity index (χ3v) is 5.37. The lowest BCUT2D eigenvalue weighted by Crippen LogP contribution is -2.40. The topological polar surface area (TPSA) is 90.5 Å². The molecule has 3 heterocycles. The van der Waals surface area contributed by atoms with Gasteiger partial charge in [0.1, 0.15) is 11.3 Å². The predicted octanol–water partition coefficient (Wildman–Crippen LogP) is 4.23. The Morgan fingerprint density at radius 1 is 1.03 bits per heavy atom. The van der Waals surface area contributed by atoms with Gasteiger partial charge in [0.05, 0.1) is 17.4 Å². The van der Waals surface area contributed by atoms with Crippen LogP contribution in [-0.2, 0) is 19.3 Å². The number of H-pyrrole nitrogens is 1. The van der Waals surface area contributed by atoms with Gasteiger partial charge >= 0.3 is 11.9 Å². The number of aryl methyl sites for hydroxylation is 1. The van der Waals surface area contributed by atoms with Gasteiger partial charge in [-0.25, -0.2) is 14.5 Å². The highest BCUT2D eigenvalue weighted by Gasteiger charge is 2.40. The average Bonchev–Trinajstić information content (AvgIpc) is 3.39. The molecular formula is C21H20ClF3N6O2. The van der Waals surface area contributed by atoms with Crippen LogP contribution in [0.15, 0.2) is 40.1 Å². The molecule has 4 aromatic rings. The van der Waals surface area contributed by atoms with Crippen molar-refractivity contribution in [1.82, 2.24) is 28.9 Å². The minimum absolute atomic E-state index is 0.0153. The van der Waals surface area contributed by atoms with Crippen LogP contribution in [0.2, 0.25) is 5.02 Å². The van der Waals surface area contributed by atoms with Crippen molar-refractivity contribution in [2.45, 2.75) is 46.0 Å². The lowest BCUT2D eigenvalue weighted by Gasteiger charge is -2.12. The molecule has 0 saturated heterocycles. The van der Waals surface area contributed by atoms with Gasteiger partial charge in [-0.15, -0.1) is 0 Å². The van der Waals surface area contributed by atoms with Crippen LogP contribution in [0.25, 0.3) is 28.2 Å². The number of imidazole rings is 1. The van der Waals surface area contributed by atoms with Crippen molar-refractivity contribution < 1.29 is 13.2 Å². The molecule has 33 heavy (non-hydrogen) atoms. The molecule has 12 heteroatoms. The van der Waals surface area contributed by atoms with Gasteiger partial charge in [0.2, 0.25) is 0 Å². The molecule has 0 radical (unpaired) electrons. The maximum atomic E-state index is 14.1. The summed E-state index contributed by atoms with van der Waals surface area (Å²) < 4.78 is 45.4. The van der Waals surface area contributed by atoms with Gasteiger partial charge in [-0.05, 0) is 37.1 Å². The standard InChI is InChI=1S/C21H20ClF3N6O2/c1-3-9-29-18-15(19(32)30(10-4-2)20(29)33)27-17(28-18)14-11-26-31(16(14)21(23,24)25)13-7-5-12(22)6-8-13/h5-8,11H,3-4,9-10H2,1-2H3,(H,27,28). The first-order chi connectivity index (χ1) is 15.7. The van der Waals surface area contributed by atoms with Gasteiger partial charge in [-0.2, -0.15) is 18.3 Å². The number of halogens is 4. The summed E-state index contributed by atoms with van der Waals surface area (Å²) in [6, 6.07) is 5.74. The fourth-order valence-electron chi connectivity index (χ4n) is 3.71. The molecule has 0 saturated carbocycles. The fraction of sp³-hybridized carbons (Fsp3) is 0.333. The van der Waals surface area contributed by atoms with Crippen LogP contribution in [-0.4, -0.2) is 28.9 Å². The second-order valence-electron chi connectivity index (χ2n) is 7.47. The van der Waals surface area contributed by atoms with Crippen LogP contribution in [0.5, 0.6) is 0 Å². The third kappa shape index (κ3) is 3.97. The number of nitrogens with zero attached hydrogens (tertiary/aromatic N) is 5. The molecule has 0 fully saturated rings. The Hall–Kier alpha value is -3.34. The quantitative estimate of drug-likeness (QED) is 0.447.